The van der Waals surface area contributed by atoms with Crippen LogP contribution in [0.5, 0.6) is 0 Å². The summed E-state index contributed by atoms with van der Waals surface area (Å²) in [5.74, 6) is 0. The minimum absolute atomic E-state index is 0.435. The number of hydrogen-bond acceptors (Lipinski definition) is 4. The molecule has 1 unspecified atom stereocenters. The van der Waals surface area contributed by atoms with Crippen molar-refractivity contribution in [2.24, 2.45) is 0 Å². The Kier molecular flexibility index (Phi) is 3.86. The fourth-order valence-electron chi connectivity index (χ4n) is 1.54. The van der Waals surface area contributed by atoms with Gasteiger partial charge in [0.15, 0.2) is 0 Å². The van der Waals surface area contributed by atoms with Crippen LogP contribution in [0.2, 0.25) is 0 Å². The maximum Gasteiger partial charge on any atom is 0.260 e. The molecule has 1 heterocycles. The number of hydrogen-bond donors (Lipinski definition) is 1. The zero-order valence-electron chi connectivity index (χ0n) is 9.88. The Bertz CT molecular complexity index is 496. The lowest BCUT2D eigenvalue weighted by molar-refractivity contribution is 0.171. The summed E-state index contributed by atoms with van der Waals surface area (Å²) in [6, 6.07) is 7.79. The third-order valence-electron chi connectivity index (χ3n) is 2.46. The molecule has 1 aromatic heterocycles. The Hall–Kier alpha value is -1.26. The number of oxazole rings is 1. The van der Waals surface area contributed by atoms with Crippen LogP contribution in [0.4, 0.5) is 0 Å². The molecule has 2 rings (SSSR count). The smallest absolute Gasteiger partial charge is 0.260 e. The second-order valence-electron chi connectivity index (χ2n) is 3.82. The van der Waals surface area contributed by atoms with Gasteiger partial charge in [-0.3, -0.25) is 0 Å². The monoisotopic (exact) mass is 249 g/mol. The third kappa shape index (κ3) is 2.90. The fraction of sp³-hybridized carbons (Fsp3) is 0.308. The normalized spacial score (nSPS) is 12.6. The van der Waals surface area contributed by atoms with Crippen LogP contribution in [0.3, 0.4) is 0 Å². The second kappa shape index (κ2) is 5.38. The molecule has 0 spiro atoms. The van der Waals surface area contributed by atoms with Crippen molar-refractivity contribution < 1.29 is 9.52 Å². The van der Waals surface area contributed by atoms with E-state index in [4.69, 9.17) is 4.42 Å². The van der Waals surface area contributed by atoms with Crippen molar-refractivity contribution in [3.63, 3.8) is 0 Å². The van der Waals surface area contributed by atoms with Crippen LogP contribution in [-0.2, 0) is 0 Å². The van der Waals surface area contributed by atoms with E-state index in [1.807, 2.05) is 38.1 Å². The van der Waals surface area contributed by atoms with Crippen LogP contribution >= 0.6 is 11.8 Å². The van der Waals surface area contributed by atoms with E-state index in [2.05, 4.69) is 4.98 Å². The van der Waals surface area contributed by atoms with E-state index in [0.717, 1.165) is 16.2 Å². The maximum atomic E-state index is 9.93. The number of benzene rings is 1. The van der Waals surface area contributed by atoms with Crippen molar-refractivity contribution in [3.8, 4) is 0 Å². The number of aromatic nitrogens is 1. The van der Waals surface area contributed by atoms with Gasteiger partial charge >= 0.3 is 0 Å². The predicted molar refractivity (Wildman–Crippen MR) is 67.1 cm³/mol. The minimum Gasteiger partial charge on any atom is -0.439 e. The fourth-order valence-corrected chi connectivity index (χ4v) is 2.48. The Morgan fingerprint density at radius 3 is 2.82 bits per heavy atom. The van der Waals surface area contributed by atoms with Gasteiger partial charge in [0.25, 0.3) is 5.22 Å². The number of aryl methyl sites for hydroxylation is 1. The Balaban J connectivity index is 2.26. The molecular weight excluding hydrogens is 234 g/mol. The summed E-state index contributed by atoms with van der Waals surface area (Å²) in [5.41, 5.74) is 1.79. The Morgan fingerprint density at radius 2 is 2.18 bits per heavy atom. The highest BCUT2D eigenvalue weighted by Gasteiger charge is 2.12. The highest BCUT2D eigenvalue weighted by Crippen LogP contribution is 2.33. The molecule has 0 bridgehead atoms. The Labute approximate surface area is 105 Å². The van der Waals surface area contributed by atoms with Gasteiger partial charge in [0.1, 0.15) is 6.26 Å². The molecule has 0 radical (unpaired) electrons. The van der Waals surface area contributed by atoms with Gasteiger partial charge in [0, 0.05) is 4.90 Å². The maximum absolute atomic E-state index is 9.93. The molecule has 90 valence electrons. The molecule has 0 saturated heterocycles. The SMILES string of the molecule is CCC(O)c1ccccc1Sc1nc(C)co1. The minimum atomic E-state index is -0.435. The molecule has 17 heavy (non-hydrogen) atoms. The van der Waals surface area contributed by atoms with E-state index in [0.29, 0.717) is 11.6 Å². The largest absolute Gasteiger partial charge is 0.439 e. The van der Waals surface area contributed by atoms with Crippen molar-refractivity contribution in [2.45, 2.75) is 36.5 Å². The molecule has 0 aliphatic rings. The average molecular weight is 249 g/mol. The quantitative estimate of drug-likeness (QED) is 0.899. The summed E-state index contributed by atoms with van der Waals surface area (Å²) in [5, 5.41) is 10.5. The van der Waals surface area contributed by atoms with Gasteiger partial charge in [0.05, 0.1) is 11.8 Å². The first-order valence-corrected chi connectivity index (χ1v) is 6.39. The van der Waals surface area contributed by atoms with Gasteiger partial charge in [0.2, 0.25) is 0 Å². The van der Waals surface area contributed by atoms with Crippen LogP contribution < -0.4 is 0 Å². The lowest BCUT2D eigenvalue weighted by Gasteiger charge is -2.11. The van der Waals surface area contributed by atoms with Crippen molar-refractivity contribution >= 4 is 11.8 Å². The van der Waals surface area contributed by atoms with Crippen molar-refractivity contribution in [1.82, 2.24) is 4.98 Å². The van der Waals surface area contributed by atoms with E-state index >= 15 is 0 Å². The highest BCUT2D eigenvalue weighted by atomic mass is 32.2. The molecule has 3 nitrogen and oxygen atoms in total. The first kappa shape index (κ1) is 12.2. The molecule has 0 aliphatic carbocycles. The van der Waals surface area contributed by atoms with Crippen molar-refractivity contribution in [2.75, 3.05) is 0 Å². The van der Waals surface area contributed by atoms with E-state index in [1.165, 1.54) is 11.8 Å². The first-order chi connectivity index (χ1) is 8.20. The molecule has 1 aromatic carbocycles. The van der Waals surface area contributed by atoms with Gasteiger partial charge in [-0.15, -0.1) is 0 Å². The number of nitrogens with zero attached hydrogens (tertiary/aromatic N) is 1. The summed E-state index contributed by atoms with van der Waals surface area (Å²) < 4.78 is 5.31. The molecule has 2 aromatic rings. The molecule has 1 N–H and O–H groups in total. The summed E-state index contributed by atoms with van der Waals surface area (Å²) in [4.78, 5) is 5.24. The van der Waals surface area contributed by atoms with E-state index in [-0.39, 0.29) is 0 Å². The van der Waals surface area contributed by atoms with Gasteiger partial charge in [-0.05, 0) is 36.7 Å². The van der Waals surface area contributed by atoms with Crippen LogP contribution in [0.1, 0.15) is 30.7 Å². The zero-order valence-corrected chi connectivity index (χ0v) is 10.7. The molecule has 0 saturated carbocycles. The molecule has 1 atom stereocenters. The number of aliphatic hydroxyl groups excluding tert-OH is 1. The molecular formula is C13H15NO2S. The lowest BCUT2D eigenvalue weighted by atomic mass is 10.1. The van der Waals surface area contributed by atoms with E-state index < -0.39 is 6.10 Å². The van der Waals surface area contributed by atoms with Gasteiger partial charge < -0.3 is 9.52 Å². The molecule has 0 fully saturated rings. The van der Waals surface area contributed by atoms with E-state index in [1.54, 1.807) is 6.26 Å². The van der Waals surface area contributed by atoms with Crippen molar-refractivity contribution in [3.05, 3.63) is 41.8 Å². The zero-order chi connectivity index (χ0) is 12.3. The molecule has 0 aliphatic heterocycles. The summed E-state index contributed by atoms with van der Waals surface area (Å²) in [6.45, 7) is 3.85. The van der Waals surface area contributed by atoms with Crippen LogP contribution in [-0.4, -0.2) is 10.1 Å². The summed E-state index contributed by atoms with van der Waals surface area (Å²) >= 11 is 1.44. The number of aliphatic hydroxyl groups is 1. The predicted octanol–water partition coefficient (Wildman–Crippen LogP) is 3.58. The Morgan fingerprint density at radius 1 is 1.41 bits per heavy atom. The average Bonchev–Trinajstić information content (AvgIpc) is 2.74. The lowest BCUT2D eigenvalue weighted by Crippen LogP contribution is -1.97. The molecule has 0 amide bonds. The number of rotatable bonds is 4. The van der Waals surface area contributed by atoms with Crippen LogP contribution in [0, 0.1) is 6.92 Å². The van der Waals surface area contributed by atoms with Crippen LogP contribution in [0.25, 0.3) is 0 Å². The topological polar surface area (TPSA) is 46.3 Å². The first-order valence-electron chi connectivity index (χ1n) is 5.57. The summed E-state index contributed by atoms with van der Waals surface area (Å²) in [7, 11) is 0. The van der Waals surface area contributed by atoms with Gasteiger partial charge in [-0.25, -0.2) is 4.98 Å². The standard InChI is InChI=1S/C13H15NO2S/c1-3-11(15)10-6-4-5-7-12(10)17-13-14-9(2)8-16-13/h4-8,11,15H,3H2,1-2H3. The van der Waals surface area contributed by atoms with E-state index in [9.17, 15) is 5.11 Å². The van der Waals surface area contributed by atoms with Gasteiger partial charge in [-0.2, -0.15) is 0 Å². The van der Waals surface area contributed by atoms with Crippen LogP contribution in [0.15, 0.2) is 45.1 Å². The highest BCUT2D eigenvalue weighted by molar-refractivity contribution is 7.99. The third-order valence-corrected chi connectivity index (χ3v) is 3.41. The van der Waals surface area contributed by atoms with Gasteiger partial charge in [-0.1, -0.05) is 25.1 Å². The molecule has 4 heteroatoms. The second-order valence-corrected chi connectivity index (χ2v) is 4.81. The van der Waals surface area contributed by atoms with Crippen molar-refractivity contribution in [1.29, 1.82) is 0 Å². The summed E-state index contributed by atoms with van der Waals surface area (Å²) in [6.07, 6.45) is 1.89.